The molecule has 0 spiro atoms. The smallest absolute Gasteiger partial charge is 0.122 e. The molecular weight excluding hydrogens is 306 g/mol. The first kappa shape index (κ1) is 12.6. The molecule has 19 heavy (non-hydrogen) atoms. The third-order valence-electron chi connectivity index (χ3n) is 3.27. The summed E-state index contributed by atoms with van der Waals surface area (Å²) in [6.45, 7) is 0.757. The first-order chi connectivity index (χ1) is 9.29. The number of nitrogens with two attached hydrogens (primary N) is 1. The molecule has 1 aromatic heterocycles. The topological polar surface area (TPSA) is 60.2 Å². The van der Waals surface area contributed by atoms with Crippen LogP contribution >= 0.6 is 15.9 Å². The van der Waals surface area contributed by atoms with Crippen molar-refractivity contribution >= 4 is 15.9 Å². The van der Waals surface area contributed by atoms with Gasteiger partial charge in [0.25, 0.3) is 0 Å². The second kappa shape index (κ2) is 5.28. The Morgan fingerprint density at radius 2 is 2.26 bits per heavy atom. The molecule has 1 aromatic carbocycles. The van der Waals surface area contributed by atoms with Crippen LogP contribution in [0, 0.1) is 0 Å². The molecule has 0 saturated heterocycles. The van der Waals surface area contributed by atoms with Gasteiger partial charge in [-0.3, -0.25) is 10.8 Å². The molecule has 2 aromatic rings. The SMILES string of the molecule is NNC(c1ccc2c(c1)CCO2)c1ncccc1Br. The second-order valence-corrected chi connectivity index (χ2v) is 5.29. The highest BCUT2D eigenvalue weighted by Gasteiger charge is 2.20. The predicted molar refractivity (Wildman–Crippen MR) is 76.7 cm³/mol. The van der Waals surface area contributed by atoms with Crippen molar-refractivity contribution in [3.63, 3.8) is 0 Å². The average Bonchev–Trinajstić information content (AvgIpc) is 2.89. The van der Waals surface area contributed by atoms with Crippen LogP contribution in [0.2, 0.25) is 0 Å². The molecule has 3 N–H and O–H groups in total. The molecule has 0 radical (unpaired) electrons. The van der Waals surface area contributed by atoms with Gasteiger partial charge in [0.05, 0.1) is 18.3 Å². The molecule has 3 rings (SSSR count). The number of hydrazine groups is 1. The average molecular weight is 320 g/mol. The Balaban J connectivity index is 2.01. The van der Waals surface area contributed by atoms with Crippen molar-refractivity contribution in [2.45, 2.75) is 12.5 Å². The van der Waals surface area contributed by atoms with Crippen LogP contribution in [0.3, 0.4) is 0 Å². The number of fused-ring (bicyclic) bond motifs is 1. The van der Waals surface area contributed by atoms with Crippen molar-refractivity contribution < 1.29 is 4.74 Å². The first-order valence-corrected chi connectivity index (χ1v) is 6.91. The lowest BCUT2D eigenvalue weighted by atomic mass is 10.0. The van der Waals surface area contributed by atoms with E-state index in [0.717, 1.165) is 34.5 Å². The highest BCUT2D eigenvalue weighted by molar-refractivity contribution is 9.10. The Hall–Kier alpha value is -1.43. The van der Waals surface area contributed by atoms with Crippen LogP contribution in [-0.2, 0) is 6.42 Å². The molecular formula is C14H14BrN3O. The Morgan fingerprint density at radius 1 is 1.37 bits per heavy atom. The number of nitrogens with zero attached hydrogens (tertiary/aromatic N) is 1. The number of ether oxygens (including phenoxy) is 1. The fourth-order valence-corrected chi connectivity index (χ4v) is 2.81. The van der Waals surface area contributed by atoms with Crippen LogP contribution < -0.4 is 16.0 Å². The number of benzene rings is 1. The van der Waals surface area contributed by atoms with Gasteiger partial charge in [-0.05, 0) is 51.3 Å². The summed E-state index contributed by atoms with van der Waals surface area (Å²) >= 11 is 3.51. The molecule has 0 amide bonds. The third-order valence-corrected chi connectivity index (χ3v) is 3.94. The minimum Gasteiger partial charge on any atom is -0.493 e. The lowest BCUT2D eigenvalue weighted by Crippen LogP contribution is -2.29. The highest BCUT2D eigenvalue weighted by atomic mass is 79.9. The Morgan fingerprint density at radius 3 is 3.05 bits per heavy atom. The molecule has 1 aliphatic rings. The maximum Gasteiger partial charge on any atom is 0.122 e. The van der Waals surface area contributed by atoms with Crippen molar-refractivity contribution in [3.05, 3.63) is 57.8 Å². The lowest BCUT2D eigenvalue weighted by Gasteiger charge is -2.17. The van der Waals surface area contributed by atoms with E-state index in [9.17, 15) is 0 Å². The van der Waals surface area contributed by atoms with Crippen LogP contribution in [0.1, 0.15) is 22.9 Å². The summed E-state index contributed by atoms with van der Waals surface area (Å²) in [6.07, 6.45) is 2.71. The van der Waals surface area contributed by atoms with E-state index in [1.54, 1.807) is 6.20 Å². The molecule has 0 fully saturated rings. The predicted octanol–water partition coefficient (Wildman–Crippen LogP) is 2.33. The Bertz CT molecular complexity index is 603. The van der Waals surface area contributed by atoms with Crippen LogP contribution in [0.5, 0.6) is 5.75 Å². The summed E-state index contributed by atoms with van der Waals surface area (Å²) in [5, 5.41) is 0. The number of nitrogens with one attached hydrogen (secondary N) is 1. The summed E-state index contributed by atoms with van der Waals surface area (Å²) in [6, 6.07) is 9.87. The number of hydrogen-bond acceptors (Lipinski definition) is 4. The summed E-state index contributed by atoms with van der Waals surface area (Å²) in [7, 11) is 0. The Labute approximate surface area is 120 Å². The van der Waals surface area contributed by atoms with E-state index in [0.29, 0.717) is 0 Å². The van der Waals surface area contributed by atoms with Crippen LogP contribution in [0.25, 0.3) is 0 Å². The molecule has 0 aliphatic carbocycles. The van der Waals surface area contributed by atoms with E-state index in [-0.39, 0.29) is 6.04 Å². The second-order valence-electron chi connectivity index (χ2n) is 4.44. The van der Waals surface area contributed by atoms with Crippen LogP contribution in [0.15, 0.2) is 41.0 Å². The summed E-state index contributed by atoms with van der Waals surface area (Å²) < 4.78 is 6.46. The molecule has 0 bridgehead atoms. The summed E-state index contributed by atoms with van der Waals surface area (Å²) in [5.41, 5.74) is 6.03. The Kier molecular flexibility index (Phi) is 3.50. The van der Waals surface area contributed by atoms with Gasteiger partial charge in [-0.2, -0.15) is 0 Å². The van der Waals surface area contributed by atoms with E-state index in [4.69, 9.17) is 10.6 Å². The largest absolute Gasteiger partial charge is 0.493 e. The fraction of sp³-hybridized carbons (Fsp3) is 0.214. The molecule has 5 heteroatoms. The van der Waals surface area contributed by atoms with E-state index in [1.165, 1.54) is 5.56 Å². The normalized spacial score (nSPS) is 14.8. The van der Waals surface area contributed by atoms with Crippen molar-refractivity contribution in [3.8, 4) is 5.75 Å². The minimum absolute atomic E-state index is 0.138. The van der Waals surface area contributed by atoms with Crippen molar-refractivity contribution in [1.82, 2.24) is 10.4 Å². The first-order valence-electron chi connectivity index (χ1n) is 6.12. The van der Waals surface area contributed by atoms with Gasteiger partial charge in [0.2, 0.25) is 0 Å². The zero-order valence-electron chi connectivity index (χ0n) is 10.3. The van der Waals surface area contributed by atoms with Gasteiger partial charge in [0.1, 0.15) is 5.75 Å². The van der Waals surface area contributed by atoms with E-state index >= 15 is 0 Å². The van der Waals surface area contributed by atoms with Gasteiger partial charge in [0, 0.05) is 17.1 Å². The number of halogens is 1. The van der Waals surface area contributed by atoms with Gasteiger partial charge in [0.15, 0.2) is 0 Å². The standard InChI is InChI=1S/C14H14BrN3O/c15-11-2-1-6-17-14(11)13(18-16)10-3-4-12-9(8-10)5-7-19-12/h1-4,6,8,13,18H,5,7,16H2. The number of rotatable bonds is 3. The minimum atomic E-state index is -0.138. The zero-order chi connectivity index (χ0) is 13.2. The number of pyridine rings is 1. The number of aromatic nitrogens is 1. The zero-order valence-corrected chi connectivity index (χ0v) is 11.9. The molecule has 0 saturated carbocycles. The van der Waals surface area contributed by atoms with Crippen LogP contribution in [0.4, 0.5) is 0 Å². The van der Waals surface area contributed by atoms with Crippen LogP contribution in [-0.4, -0.2) is 11.6 Å². The monoisotopic (exact) mass is 319 g/mol. The highest BCUT2D eigenvalue weighted by Crippen LogP contribution is 2.31. The molecule has 1 atom stereocenters. The van der Waals surface area contributed by atoms with Gasteiger partial charge >= 0.3 is 0 Å². The number of hydrogen-bond donors (Lipinski definition) is 2. The molecule has 98 valence electrons. The quantitative estimate of drug-likeness (QED) is 0.673. The van der Waals surface area contributed by atoms with Crippen molar-refractivity contribution in [1.29, 1.82) is 0 Å². The molecule has 4 nitrogen and oxygen atoms in total. The van der Waals surface area contributed by atoms with E-state index in [2.05, 4.69) is 32.4 Å². The summed E-state index contributed by atoms with van der Waals surface area (Å²) in [5.74, 6) is 6.68. The molecule has 1 aliphatic heterocycles. The maximum absolute atomic E-state index is 5.71. The van der Waals surface area contributed by atoms with Crippen molar-refractivity contribution in [2.75, 3.05) is 6.61 Å². The third kappa shape index (κ3) is 2.36. The van der Waals surface area contributed by atoms with E-state index in [1.807, 2.05) is 24.3 Å². The summed E-state index contributed by atoms with van der Waals surface area (Å²) in [4.78, 5) is 4.40. The van der Waals surface area contributed by atoms with Gasteiger partial charge in [-0.15, -0.1) is 0 Å². The van der Waals surface area contributed by atoms with Gasteiger partial charge in [-0.1, -0.05) is 6.07 Å². The van der Waals surface area contributed by atoms with Crippen molar-refractivity contribution in [2.24, 2.45) is 5.84 Å². The lowest BCUT2D eigenvalue weighted by molar-refractivity contribution is 0.357. The van der Waals surface area contributed by atoms with E-state index < -0.39 is 0 Å². The molecule has 2 heterocycles. The van der Waals surface area contributed by atoms with Gasteiger partial charge < -0.3 is 4.74 Å². The van der Waals surface area contributed by atoms with Gasteiger partial charge in [-0.25, -0.2) is 5.43 Å². The molecule has 1 unspecified atom stereocenters. The fourth-order valence-electron chi connectivity index (χ4n) is 2.33. The maximum atomic E-state index is 5.71.